The number of benzene rings is 2. The first-order chi connectivity index (χ1) is 16.3. The molecule has 0 unspecified atom stereocenters. The van der Waals surface area contributed by atoms with Crippen molar-refractivity contribution in [2.75, 3.05) is 11.9 Å². The third kappa shape index (κ3) is 6.86. The van der Waals surface area contributed by atoms with Crippen LogP contribution >= 0.6 is 23.2 Å². The van der Waals surface area contributed by atoms with Gasteiger partial charge in [0.1, 0.15) is 12.4 Å². The Kier molecular flexibility index (Phi) is 7.97. The molecule has 3 aromatic rings. The molecule has 8 heteroatoms. The van der Waals surface area contributed by atoms with Gasteiger partial charge in [-0.3, -0.25) is 9.59 Å². The summed E-state index contributed by atoms with van der Waals surface area (Å²) in [7, 11) is 0. The van der Waals surface area contributed by atoms with Crippen LogP contribution in [0.4, 0.5) is 5.82 Å². The minimum Gasteiger partial charge on any atom is -0.329 e. The van der Waals surface area contributed by atoms with Crippen LogP contribution in [0.2, 0.25) is 10.0 Å². The van der Waals surface area contributed by atoms with Crippen LogP contribution in [-0.2, 0) is 21.5 Å². The van der Waals surface area contributed by atoms with Crippen LogP contribution in [0.5, 0.6) is 0 Å². The lowest BCUT2D eigenvalue weighted by Gasteiger charge is -2.29. The molecule has 1 N–H and O–H groups in total. The number of hydrogen-bond donors (Lipinski definition) is 1. The van der Waals surface area contributed by atoms with E-state index >= 15 is 0 Å². The molecule has 0 radical (unpaired) electrons. The maximum atomic E-state index is 13.2. The van der Waals surface area contributed by atoms with Crippen molar-refractivity contribution >= 4 is 40.8 Å². The van der Waals surface area contributed by atoms with Crippen molar-refractivity contribution in [1.82, 2.24) is 14.7 Å². The predicted octanol–water partition coefficient (Wildman–Crippen LogP) is 6.49. The van der Waals surface area contributed by atoms with Gasteiger partial charge >= 0.3 is 0 Å². The van der Waals surface area contributed by atoms with Gasteiger partial charge in [0, 0.05) is 23.4 Å². The number of carbonyl (C=O) groups is 2. The van der Waals surface area contributed by atoms with Crippen LogP contribution in [-0.4, -0.2) is 33.0 Å². The third-order valence-electron chi connectivity index (χ3n) is 5.37. The van der Waals surface area contributed by atoms with Gasteiger partial charge in [0.2, 0.25) is 11.8 Å². The molecular weight excluding hydrogens is 483 g/mol. The lowest BCUT2D eigenvalue weighted by atomic mass is 9.92. The minimum atomic E-state index is -0.629. The van der Waals surface area contributed by atoms with E-state index in [0.717, 1.165) is 11.3 Å². The SMILES string of the molecule is CC(C)(C)C(=O)N(CC(=O)Nc1cc(C(C)(C)C)nn1-c1ccc(Cl)c(Cl)c1)Cc1ccccc1. The van der Waals surface area contributed by atoms with Gasteiger partial charge in [0.05, 0.1) is 21.4 Å². The van der Waals surface area contributed by atoms with E-state index in [4.69, 9.17) is 28.3 Å². The number of hydrogen-bond acceptors (Lipinski definition) is 3. The van der Waals surface area contributed by atoms with Crippen LogP contribution in [0, 0.1) is 5.41 Å². The molecule has 1 heterocycles. The number of halogens is 2. The fourth-order valence-corrected chi connectivity index (χ4v) is 3.78. The number of nitrogens with zero attached hydrogens (tertiary/aromatic N) is 3. The van der Waals surface area contributed by atoms with Crippen molar-refractivity contribution in [1.29, 1.82) is 0 Å². The molecule has 1 aromatic heterocycles. The lowest BCUT2D eigenvalue weighted by Crippen LogP contribution is -2.43. The van der Waals surface area contributed by atoms with Crippen molar-refractivity contribution in [2.45, 2.75) is 53.5 Å². The molecule has 0 saturated heterocycles. The van der Waals surface area contributed by atoms with Crippen LogP contribution in [0.1, 0.15) is 52.8 Å². The van der Waals surface area contributed by atoms with Crippen molar-refractivity contribution in [3.63, 3.8) is 0 Å². The van der Waals surface area contributed by atoms with Gasteiger partial charge in [0.15, 0.2) is 0 Å². The van der Waals surface area contributed by atoms with E-state index in [1.807, 2.05) is 77.9 Å². The number of carbonyl (C=O) groups excluding carboxylic acids is 2. The molecule has 0 aliphatic heterocycles. The molecule has 35 heavy (non-hydrogen) atoms. The molecule has 186 valence electrons. The second kappa shape index (κ2) is 10.4. The monoisotopic (exact) mass is 514 g/mol. The van der Waals surface area contributed by atoms with E-state index in [-0.39, 0.29) is 23.8 Å². The summed E-state index contributed by atoms with van der Waals surface area (Å²) >= 11 is 12.3. The molecule has 0 bridgehead atoms. The highest BCUT2D eigenvalue weighted by atomic mass is 35.5. The van der Waals surface area contributed by atoms with E-state index in [1.54, 1.807) is 27.8 Å². The van der Waals surface area contributed by atoms with Crippen molar-refractivity contribution in [2.24, 2.45) is 5.41 Å². The Morgan fingerprint density at radius 3 is 2.17 bits per heavy atom. The van der Waals surface area contributed by atoms with E-state index < -0.39 is 5.41 Å². The highest BCUT2D eigenvalue weighted by Crippen LogP contribution is 2.29. The van der Waals surface area contributed by atoms with Gasteiger partial charge in [-0.1, -0.05) is 95.1 Å². The van der Waals surface area contributed by atoms with Crippen molar-refractivity contribution < 1.29 is 9.59 Å². The van der Waals surface area contributed by atoms with Crippen LogP contribution in [0.25, 0.3) is 5.69 Å². The van der Waals surface area contributed by atoms with E-state index in [1.165, 1.54) is 0 Å². The Bertz CT molecular complexity index is 1210. The van der Waals surface area contributed by atoms with Crippen LogP contribution in [0.15, 0.2) is 54.6 Å². The van der Waals surface area contributed by atoms with Crippen LogP contribution < -0.4 is 5.32 Å². The highest BCUT2D eigenvalue weighted by molar-refractivity contribution is 6.42. The van der Waals surface area contributed by atoms with Gasteiger partial charge in [-0.15, -0.1) is 0 Å². The summed E-state index contributed by atoms with van der Waals surface area (Å²) in [5.41, 5.74) is 1.54. The number of rotatable bonds is 6. The molecule has 2 aromatic carbocycles. The molecule has 0 aliphatic rings. The first kappa shape index (κ1) is 26.8. The first-order valence-electron chi connectivity index (χ1n) is 11.4. The number of amides is 2. The number of aromatic nitrogens is 2. The Balaban J connectivity index is 1.91. The fraction of sp³-hybridized carbons (Fsp3) is 0.370. The van der Waals surface area contributed by atoms with Crippen molar-refractivity contribution in [3.8, 4) is 5.69 Å². The first-order valence-corrected chi connectivity index (χ1v) is 12.2. The standard InChI is InChI=1S/C27H32Cl2N4O2/c1-26(2,3)22-15-23(33(31-22)19-12-13-20(28)21(29)14-19)30-24(34)17-32(25(35)27(4,5)6)16-18-10-8-7-9-11-18/h7-15H,16-17H2,1-6H3,(H,30,34). The van der Waals surface area contributed by atoms with Crippen molar-refractivity contribution in [3.05, 3.63) is 75.9 Å². The predicted molar refractivity (Wildman–Crippen MR) is 142 cm³/mol. The maximum absolute atomic E-state index is 13.2. The summed E-state index contributed by atoms with van der Waals surface area (Å²) in [5.74, 6) is 0.0613. The third-order valence-corrected chi connectivity index (χ3v) is 6.11. The summed E-state index contributed by atoms with van der Waals surface area (Å²) < 4.78 is 1.63. The second-order valence-corrected chi connectivity index (χ2v) is 11.4. The Labute approximate surface area is 217 Å². The zero-order chi connectivity index (χ0) is 26.0. The Morgan fingerprint density at radius 2 is 1.60 bits per heavy atom. The molecule has 0 fully saturated rings. The summed E-state index contributed by atoms with van der Waals surface area (Å²) in [5, 5.41) is 8.49. The summed E-state index contributed by atoms with van der Waals surface area (Å²) in [6.07, 6.45) is 0. The number of anilines is 1. The largest absolute Gasteiger partial charge is 0.329 e. The zero-order valence-electron chi connectivity index (χ0n) is 21.0. The molecule has 0 saturated carbocycles. The maximum Gasteiger partial charge on any atom is 0.245 e. The van der Waals surface area contributed by atoms with E-state index in [0.29, 0.717) is 28.1 Å². The van der Waals surface area contributed by atoms with Gasteiger partial charge in [-0.25, -0.2) is 4.68 Å². The summed E-state index contributed by atoms with van der Waals surface area (Å²) in [6, 6.07) is 16.6. The van der Waals surface area contributed by atoms with Gasteiger partial charge < -0.3 is 10.2 Å². The minimum absolute atomic E-state index is 0.0948. The van der Waals surface area contributed by atoms with Gasteiger partial charge in [0.25, 0.3) is 0 Å². The normalized spacial score (nSPS) is 11.9. The molecule has 0 aliphatic carbocycles. The average molecular weight is 515 g/mol. The molecule has 6 nitrogen and oxygen atoms in total. The Hall–Kier alpha value is -2.83. The van der Waals surface area contributed by atoms with E-state index in [9.17, 15) is 9.59 Å². The molecule has 0 spiro atoms. The Morgan fingerprint density at radius 1 is 0.943 bits per heavy atom. The molecule has 0 atom stereocenters. The smallest absolute Gasteiger partial charge is 0.245 e. The van der Waals surface area contributed by atoms with E-state index in [2.05, 4.69) is 5.32 Å². The zero-order valence-corrected chi connectivity index (χ0v) is 22.5. The summed E-state index contributed by atoms with van der Waals surface area (Å²) in [4.78, 5) is 27.9. The fourth-order valence-electron chi connectivity index (χ4n) is 3.48. The highest BCUT2D eigenvalue weighted by Gasteiger charge is 2.29. The quantitative estimate of drug-likeness (QED) is 0.408. The topological polar surface area (TPSA) is 67.2 Å². The average Bonchev–Trinajstić information content (AvgIpc) is 3.19. The molecule has 2 amide bonds. The molecule has 3 rings (SSSR count). The number of nitrogens with one attached hydrogen (secondary N) is 1. The summed E-state index contributed by atoms with van der Waals surface area (Å²) in [6.45, 7) is 11.9. The van der Waals surface area contributed by atoms with Gasteiger partial charge in [-0.05, 0) is 23.8 Å². The lowest BCUT2D eigenvalue weighted by molar-refractivity contribution is -0.142. The van der Waals surface area contributed by atoms with Crippen LogP contribution in [0.3, 0.4) is 0 Å². The van der Waals surface area contributed by atoms with Gasteiger partial charge in [-0.2, -0.15) is 5.10 Å². The second-order valence-electron chi connectivity index (χ2n) is 10.6. The molecular formula is C27H32Cl2N4O2.